The topological polar surface area (TPSA) is 42.6 Å². The third-order valence-electron chi connectivity index (χ3n) is 24.7. The minimum Gasteiger partial charge on any atom is -0.455 e. The first-order chi connectivity index (χ1) is 61.5. The van der Waals surface area contributed by atoms with E-state index in [1.807, 2.05) is 24.3 Å². The van der Waals surface area contributed by atoms with Crippen LogP contribution in [0.2, 0.25) is 0 Å². The Labute approximate surface area is 717 Å². The molecule has 0 amide bonds. The Morgan fingerprint density at radius 3 is 0.774 bits per heavy atom. The van der Waals surface area contributed by atoms with E-state index in [1.165, 1.54) is 98.9 Å². The van der Waals surface area contributed by atoms with Gasteiger partial charge in [0.15, 0.2) is 0 Å². The van der Waals surface area contributed by atoms with Crippen LogP contribution in [0.4, 0.5) is 34.1 Å². The van der Waals surface area contributed by atoms with E-state index in [9.17, 15) is 0 Å². The van der Waals surface area contributed by atoms with Crippen LogP contribution in [0.5, 0.6) is 0 Å². The number of furan rings is 2. The van der Waals surface area contributed by atoms with Gasteiger partial charge in [-0.2, -0.15) is 0 Å². The molecule has 0 radical (unpaired) electrons. The van der Waals surface area contributed by atoms with Crippen LogP contribution in [0.1, 0.15) is 0 Å². The van der Waals surface area contributed by atoms with Crippen LogP contribution >= 0.6 is 0 Å². The molecule has 0 saturated carbocycles. The third-order valence-corrected chi connectivity index (χ3v) is 24.7. The van der Waals surface area contributed by atoms with Gasteiger partial charge in [-0.15, -0.1) is 0 Å². The molecular weight excluding hydrogens is 1510 g/mol. The van der Waals surface area contributed by atoms with Gasteiger partial charge in [-0.25, -0.2) is 0 Å². The van der Waals surface area contributed by atoms with Crippen molar-refractivity contribution >= 4 is 132 Å². The van der Waals surface area contributed by atoms with Gasteiger partial charge in [0.05, 0.1) is 22.1 Å². The predicted octanol–water partition coefficient (Wildman–Crippen LogP) is 33.1. The number of hydrogen-bond donors (Lipinski definition) is 0. The molecule has 0 saturated heterocycles. The average molecular weight is 1580 g/mol. The molecule has 0 N–H and O–H groups in total. The minimum absolute atomic E-state index is 0.904. The van der Waals surface area contributed by atoms with Crippen LogP contribution < -0.4 is 9.80 Å². The first-order valence-electron chi connectivity index (χ1n) is 42.3. The highest BCUT2D eigenvalue weighted by Crippen LogP contribution is 2.45. The van der Waals surface area contributed by atoms with Gasteiger partial charge in [0, 0.05) is 99.7 Å². The summed E-state index contributed by atoms with van der Waals surface area (Å²) in [5.41, 5.74) is 33.5. The fourth-order valence-electron chi connectivity index (χ4n) is 18.5. The number of fused-ring (bicyclic) bond motifs is 13. The summed E-state index contributed by atoms with van der Waals surface area (Å²) in [6.07, 6.45) is 0. The standard InChI is InChI=1S/C60H40N2O.C58H38N2O/c1-2-11-41(12-3-1)42-21-23-43(24-22-42)45-29-33-48(34-30-45)61(50-37-39-51(40-38-50)62-57-18-7-4-13-53(57)54-14-5-8-19-58(54)62)49-35-31-46(32-36-49)44-25-27-47(28-26-44)52-16-10-17-56-55-15-6-9-20-59(55)63-60(52)56;1-2-11-44-38-45(25-24-39(44)10-1)42-22-20-40(21-23-42)41-26-30-46(31-27-41)59(47-32-28-43(29-33-47)50-15-9-16-54-53-14-5-8-19-57(53)61-58(50)54)48-34-36-49(37-35-48)60-55-17-6-3-12-51(55)52-13-4-7-18-56(52)60/h1-40H;1-38H. The van der Waals surface area contributed by atoms with E-state index in [-0.39, 0.29) is 0 Å². The Bertz CT molecular complexity index is 7980. The van der Waals surface area contributed by atoms with Crippen molar-refractivity contribution in [2.45, 2.75) is 0 Å². The van der Waals surface area contributed by atoms with Gasteiger partial charge in [-0.1, -0.05) is 334 Å². The first-order valence-corrected chi connectivity index (χ1v) is 42.3. The van der Waals surface area contributed by atoms with Crippen LogP contribution in [0.15, 0.2) is 482 Å². The third kappa shape index (κ3) is 13.2. The molecule has 0 fully saturated rings. The Morgan fingerprint density at radius 1 is 0.161 bits per heavy atom. The van der Waals surface area contributed by atoms with Crippen LogP contribution in [-0.4, -0.2) is 9.13 Å². The van der Waals surface area contributed by atoms with Gasteiger partial charge in [-0.05, 0) is 217 Å². The molecule has 0 bridgehead atoms. The summed E-state index contributed by atoms with van der Waals surface area (Å²) in [4.78, 5) is 4.69. The summed E-state index contributed by atoms with van der Waals surface area (Å²) < 4.78 is 17.5. The molecule has 24 rings (SSSR count). The van der Waals surface area contributed by atoms with Crippen LogP contribution in [0.3, 0.4) is 0 Å². The molecule has 0 aliphatic rings. The maximum atomic E-state index is 6.43. The van der Waals surface area contributed by atoms with E-state index in [0.29, 0.717) is 0 Å². The van der Waals surface area contributed by atoms with Gasteiger partial charge < -0.3 is 27.8 Å². The van der Waals surface area contributed by atoms with Crippen LogP contribution in [0.25, 0.3) is 188 Å². The van der Waals surface area contributed by atoms with Gasteiger partial charge in [0.2, 0.25) is 0 Å². The number of aromatic nitrogens is 2. The molecule has 0 spiro atoms. The number of hydrogen-bond acceptors (Lipinski definition) is 4. The quantitative estimate of drug-likeness (QED) is 0.103. The predicted molar refractivity (Wildman–Crippen MR) is 521 cm³/mol. The number of nitrogens with zero attached hydrogens (tertiary/aromatic N) is 4. The van der Waals surface area contributed by atoms with Crippen LogP contribution in [-0.2, 0) is 0 Å². The molecule has 24 aromatic rings. The lowest BCUT2D eigenvalue weighted by molar-refractivity contribution is 0.669. The van der Waals surface area contributed by atoms with E-state index in [1.54, 1.807) is 0 Å². The van der Waals surface area contributed by atoms with E-state index < -0.39 is 0 Å². The maximum absolute atomic E-state index is 6.43. The molecule has 6 nitrogen and oxygen atoms in total. The molecule has 4 heterocycles. The zero-order valence-electron chi connectivity index (χ0n) is 67.6. The Morgan fingerprint density at radius 2 is 0.411 bits per heavy atom. The summed E-state index contributed by atoms with van der Waals surface area (Å²) in [6, 6.07) is 170. The molecule has 0 unspecified atom stereocenters. The summed E-state index contributed by atoms with van der Waals surface area (Å²) in [5.74, 6) is 0. The molecule has 6 heteroatoms. The van der Waals surface area contributed by atoms with E-state index in [2.05, 4.69) is 468 Å². The number of rotatable bonds is 15. The Kier molecular flexibility index (Phi) is 18.2. The van der Waals surface area contributed by atoms with E-state index in [4.69, 9.17) is 8.83 Å². The van der Waals surface area contributed by atoms with Gasteiger partial charge >= 0.3 is 0 Å². The monoisotopic (exact) mass is 1580 g/mol. The highest BCUT2D eigenvalue weighted by Gasteiger charge is 2.22. The second kappa shape index (κ2) is 31.0. The molecule has 0 aliphatic heterocycles. The van der Waals surface area contributed by atoms with Crippen LogP contribution in [0, 0.1) is 0 Å². The second-order valence-corrected chi connectivity index (χ2v) is 31.9. The van der Waals surface area contributed by atoms with Gasteiger partial charge in [-0.3, -0.25) is 0 Å². The average Bonchev–Trinajstić information content (AvgIpc) is 1.31. The SMILES string of the molecule is c1ccc(-c2ccc(-c3ccc(N(c4ccc(-c5ccc(-c6cccc7c6oc6ccccc67)cc5)cc4)c4ccc(-n5c6ccccc6c6ccccc65)cc4)cc3)cc2)cc1.c1ccc2cc(-c3ccc(-c4ccc(N(c5ccc(-c6cccc7c6oc6ccccc67)cc5)c5ccc(-n6c7ccccc7c7ccccc76)cc5)cc4)cc3)ccc2c1. The fourth-order valence-corrected chi connectivity index (χ4v) is 18.5. The lowest BCUT2D eigenvalue weighted by atomic mass is 9.98. The lowest BCUT2D eigenvalue weighted by Crippen LogP contribution is -2.10. The van der Waals surface area contributed by atoms with E-state index >= 15 is 0 Å². The Hall–Kier alpha value is -16.5. The molecule has 0 atom stereocenters. The maximum Gasteiger partial charge on any atom is 0.143 e. The first kappa shape index (κ1) is 72.7. The van der Waals surface area contributed by atoms with Crippen molar-refractivity contribution in [1.29, 1.82) is 0 Å². The van der Waals surface area contributed by atoms with Crippen molar-refractivity contribution in [2.24, 2.45) is 0 Å². The zero-order valence-corrected chi connectivity index (χ0v) is 67.6. The molecule has 4 aromatic heterocycles. The molecule has 124 heavy (non-hydrogen) atoms. The van der Waals surface area contributed by atoms with Gasteiger partial charge in [0.25, 0.3) is 0 Å². The highest BCUT2D eigenvalue weighted by molar-refractivity contribution is 6.13. The number of benzene rings is 20. The molecule has 0 aliphatic carbocycles. The van der Waals surface area contributed by atoms with Crippen molar-refractivity contribution in [3.05, 3.63) is 473 Å². The summed E-state index contributed by atoms with van der Waals surface area (Å²) >= 11 is 0. The van der Waals surface area contributed by atoms with Crippen molar-refractivity contribution in [2.75, 3.05) is 9.80 Å². The number of para-hydroxylation sites is 8. The fraction of sp³-hybridized carbons (Fsp3) is 0. The summed E-state index contributed by atoms with van der Waals surface area (Å²) in [6.45, 7) is 0. The zero-order chi connectivity index (χ0) is 82.0. The largest absolute Gasteiger partial charge is 0.455 e. The smallest absolute Gasteiger partial charge is 0.143 e. The Balaban J connectivity index is 0.000000143. The molecule has 20 aromatic carbocycles. The molecule has 582 valence electrons. The van der Waals surface area contributed by atoms with Crippen molar-refractivity contribution < 1.29 is 8.83 Å². The van der Waals surface area contributed by atoms with Crippen molar-refractivity contribution in [3.63, 3.8) is 0 Å². The van der Waals surface area contributed by atoms with E-state index in [0.717, 1.165) is 123 Å². The number of anilines is 6. The molecular formula is C118H78N4O2. The lowest BCUT2D eigenvalue weighted by Gasteiger charge is -2.26. The van der Waals surface area contributed by atoms with Gasteiger partial charge in [0.1, 0.15) is 22.3 Å². The minimum atomic E-state index is 0.904. The normalized spacial score (nSPS) is 11.5. The van der Waals surface area contributed by atoms with Crippen molar-refractivity contribution in [1.82, 2.24) is 9.13 Å². The summed E-state index contributed by atoms with van der Waals surface area (Å²) in [5, 5.41) is 12.1. The summed E-state index contributed by atoms with van der Waals surface area (Å²) in [7, 11) is 0. The van der Waals surface area contributed by atoms with Crippen molar-refractivity contribution in [3.8, 4) is 89.3 Å². The highest BCUT2D eigenvalue weighted by atomic mass is 16.3. The second-order valence-electron chi connectivity index (χ2n) is 31.9.